The minimum absolute atomic E-state index is 0.219. The van der Waals surface area contributed by atoms with Gasteiger partial charge in [-0.1, -0.05) is 6.07 Å². The second-order valence-electron chi connectivity index (χ2n) is 6.24. The van der Waals surface area contributed by atoms with Crippen LogP contribution in [0.5, 0.6) is 0 Å². The zero-order valence-electron chi connectivity index (χ0n) is 15.1. The van der Waals surface area contributed by atoms with Crippen molar-refractivity contribution in [3.05, 3.63) is 41.2 Å². The molecule has 0 radical (unpaired) electrons. The molecule has 27 heavy (non-hydrogen) atoms. The predicted molar refractivity (Wildman–Crippen MR) is 94.7 cm³/mol. The number of pyridine rings is 1. The highest BCUT2D eigenvalue weighted by atomic mass is 19.4. The van der Waals surface area contributed by atoms with Crippen molar-refractivity contribution in [1.29, 1.82) is 0 Å². The van der Waals surface area contributed by atoms with Gasteiger partial charge in [0.1, 0.15) is 6.61 Å². The molecule has 1 N–H and O–H groups in total. The Balaban J connectivity index is 2.05. The van der Waals surface area contributed by atoms with E-state index in [1.54, 1.807) is 45.2 Å². The van der Waals surface area contributed by atoms with E-state index in [-0.39, 0.29) is 12.3 Å². The molecule has 0 amide bonds. The minimum Gasteiger partial charge on any atom is -0.461 e. The molecule has 5 nitrogen and oxygen atoms in total. The summed E-state index contributed by atoms with van der Waals surface area (Å²) in [6.07, 6.45) is -3.55. The van der Waals surface area contributed by atoms with Crippen molar-refractivity contribution in [2.45, 2.75) is 33.1 Å². The lowest BCUT2D eigenvalue weighted by atomic mass is 10.0. The van der Waals surface area contributed by atoms with Crippen molar-refractivity contribution in [1.82, 2.24) is 9.97 Å². The lowest BCUT2D eigenvalue weighted by Crippen LogP contribution is -2.18. The molecular formula is C19H19F3N2O3. The molecular weight excluding hydrogens is 361 g/mol. The Labute approximate surface area is 153 Å². The van der Waals surface area contributed by atoms with Crippen LogP contribution in [0.2, 0.25) is 0 Å². The maximum absolute atomic E-state index is 12.4. The van der Waals surface area contributed by atoms with Gasteiger partial charge in [-0.25, -0.2) is 9.78 Å². The zero-order chi connectivity index (χ0) is 19.8. The second kappa shape index (κ2) is 7.19. The topological polar surface area (TPSA) is 64.2 Å². The maximum atomic E-state index is 12.4. The average Bonchev–Trinajstić information content (AvgIpc) is 2.97. The van der Waals surface area contributed by atoms with Gasteiger partial charge in [-0.05, 0) is 44.0 Å². The Kier molecular flexibility index (Phi) is 5.10. The zero-order valence-corrected chi connectivity index (χ0v) is 15.1. The summed E-state index contributed by atoms with van der Waals surface area (Å²) >= 11 is 0. The predicted octanol–water partition coefficient (Wildman–Crippen LogP) is 4.84. The fraction of sp³-hybridized carbons (Fsp3) is 0.368. The average molecular weight is 380 g/mol. The molecule has 1 aromatic carbocycles. The number of nitrogens with one attached hydrogen (secondary N) is 1. The molecule has 0 spiro atoms. The van der Waals surface area contributed by atoms with Gasteiger partial charge in [-0.2, -0.15) is 13.2 Å². The Morgan fingerprint density at radius 2 is 2.04 bits per heavy atom. The van der Waals surface area contributed by atoms with Crippen LogP contribution in [0.15, 0.2) is 24.4 Å². The van der Waals surface area contributed by atoms with E-state index in [4.69, 9.17) is 9.47 Å². The van der Waals surface area contributed by atoms with Gasteiger partial charge in [0.2, 0.25) is 0 Å². The Morgan fingerprint density at radius 3 is 2.70 bits per heavy atom. The van der Waals surface area contributed by atoms with Crippen molar-refractivity contribution in [2.75, 3.05) is 13.2 Å². The van der Waals surface area contributed by atoms with Crippen molar-refractivity contribution in [3.63, 3.8) is 0 Å². The number of aromatic amines is 1. The lowest BCUT2D eigenvalue weighted by molar-refractivity contribution is -0.184. The minimum atomic E-state index is -4.38. The summed E-state index contributed by atoms with van der Waals surface area (Å²) in [5.74, 6) is -0.510. The van der Waals surface area contributed by atoms with Crippen molar-refractivity contribution < 1.29 is 27.4 Å². The Morgan fingerprint density at radius 1 is 1.30 bits per heavy atom. The molecule has 2 aromatic heterocycles. The van der Waals surface area contributed by atoms with Crippen molar-refractivity contribution in [2.24, 2.45) is 0 Å². The molecule has 0 saturated carbocycles. The number of esters is 1. The summed E-state index contributed by atoms with van der Waals surface area (Å²) in [5.41, 5.74) is 3.01. The Hall–Kier alpha value is -2.61. The molecule has 0 aliphatic heterocycles. The van der Waals surface area contributed by atoms with Crippen LogP contribution in [0.3, 0.4) is 0 Å². The molecule has 1 atom stereocenters. The van der Waals surface area contributed by atoms with Crippen LogP contribution < -0.4 is 0 Å². The summed E-state index contributed by atoms with van der Waals surface area (Å²) in [6.45, 7) is 3.98. The number of fused-ring (bicyclic) bond motifs is 3. The number of alkyl halides is 3. The molecule has 0 aliphatic rings. The van der Waals surface area contributed by atoms with Crippen LogP contribution in [0.25, 0.3) is 21.8 Å². The van der Waals surface area contributed by atoms with E-state index in [9.17, 15) is 18.0 Å². The highest BCUT2D eigenvalue weighted by Crippen LogP contribution is 2.32. The number of carbonyl (C=O) groups is 1. The van der Waals surface area contributed by atoms with Crippen LogP contribution in [0.1, 0.15) is 41.6 Å². The van der Waals surface area contributed by atoms with Gasteiger partial charge in [0, 0.05) is 16.3 Å². The highest BCUT2D eigenvalue weighted by Gasteiger charge is 2.29. The summed E-state index contributed by atoms with van der Waals surface area (Å²) in [4.78, 5) is 19.5. The SMILES string of the molecule is CCOC(=O)c1ncc2[nH]c3ccc(C(C)OCC(F)(F)F)cc3c2c1C. The number of halogens is 3. The highest BCUT2D eigenvalue weighted by molar-refractivity contribution is 6.11. The van der Waals surface area contributed by atoms with E-state index >= 15 is 0 Å². The molecule has 8 heteroatoms. The molecule has 0 bridgehead atoms. The van der Waals surface area contributed by atoms with Crippen molar-refractivity contribution in [3.8, 4) is 0 Å². The molecule has 0 fully saturated rings. The Bertz CT molecular complexity index is 995. The molecule has 3 rings (SSSR count). The van der Waals surface area contributed by atoms with Crippen LogP contribution in [-0.2, 0) is 9.47 Å². The van der Waals surface area contributed by atoms with E-state index in [0.717, 1.165) is 21.8 Å². The van der Waals surface area contributed by atoms with Gasteiger partial charge in [-0.3, -0.25) is 0 Å². The third-order valence-electron chi connectivity index (χ3n) is 4.34. The summed E-state index contributed by atoms with van der Waals surface area (Å²) in [5, 5.41) is 1.57. The molecule has 0 aliphatic carbocycles. The number of hydrogen-bond acceptors (Lipinski definition) is 4. The first-order valence-electron chi connectivity index (χ1n) is 8.47. The number of aromatic nitrogens is 2. The molecule has 144 valence electrons. The molecule has 3 aromatic rings. The third-order valence-corrected chi connectivity index (χ3v) is 4.34. The van der Waals surface area contributed by atoms with Gasteiger partial charge in [0.15, 0.2) is 5.69 Å². The number of carbonyl (C=O) groups excluding carboxylic acids is 1. The number of nitrogens with zero attached hydrogens (tertiary/aromatic N) is 1. The van der Waals surface area contributed by atoms with E-state index in [1.165, 1.54) is 0 Å². The quantitative estimate of drug-likeness (QED) is 0.643. The summed E-state index contributed by atoms with van der Waals surface area (Å²) in [7, 11) is 0. The summed E-state index contributed by atoms with van der Waals surface area (Å²) < 4.78 is 47.2. The monoisotopic (exact) mass is 380 g/mol. The second-order valence-corrected chi connectivity index (χ2v) is 6.24. The normalized spacial score (nSPS) is 13.3. The van der Waals surface area contributed by atoms with E-state index in [2.05, 4.69) is 9.97 Å². The number of rotatable bonds is 5. The first kappa shape index (κ1) is 19.2. The molecule has 2 heterocycles. The van der Waals surface area contributed by atoms with E-state index < -0.39 is 24.9 Å². The van der Waals surface area contributed by atoms with Gasteiger partial charge in [-0.15, -0.1) is 0 Å². The fourth-order valence-electron chi connectivity index (χ4n) is 3.05. The van der Waals surface area contributed by atoms with Gasteiger partial charge in [0.05, 0.1) is 24.4 Å². The van der Waals surface area contributed by atoms with Crippen molar-refractivity contribution >= 4 is 27.8 Å². The standard InChI is InChI=1S/C19H19F3N2O3/c1-4-26-18(25)17-10(2)16-13-7-12(11(3)27-9-19(20,21)22)5-6-14(13)24-15(16)8-23-17/h5-8,11,24H,4,9H2,1-3H3. The van der Waals surface area contributed by atoms with Crippen LogP contribution in [-0.4, -0.2) is 35.3 Å². The number of H-pyrrole nitrogens is 1. The largest absolute Gasteiger partial charge is 0.461 e. The maximum Gasteiger partial charge on any atom is 0.411 e. The lowest BCUT2D eigenvalue weighted by Gasteiger charge is -2.15. The third kappa shape index (κ3) is 3.90. The van der Waals surface area contributed by atoms with Gasteiger partial charge in [0.25, 0.3) is 0 Å². The van der Waals surface area contributed by atoms with Gasteiger partial charge >= 0.3 is 12.1 Å². The van der Waals surface area contributed by atoms with E-state index in [1.807, 2.05) is 0 Å². The number of aryl methyl sites for hydroxylation is 1. The van der Waals surface area contributed by atoms with Crippen LogP contribution in [0.4, 0.5) is 13.2 Å². The van der Waals surface area contributed by atoms with E-state index in [0.29, 0.717) is 11.1 Å². The number of hydrogen-bond donors (Lipinski definition) is 1. The number of benzene rings is 1. The smallest absolute Gasteiger partial charge is 0.411 e. The van der Waals surface area contributed by atoms with Gasteiger partial charge < -0.3 is 14.5 Å². The van der Waals surface area contributed by atoms with Crippen LogP contribution >= 0.6 is 0 Å². The summed E-state index contributed by atoms with van der Waals surface area (Å²) in [6, 6.07) is 5.27. The molecule has 1 unspecified atom stereocenters. The fourth-order valence-corrected chi connectivity index (χ4v) is 3.05. The van der Waals surface area contributed by atoms with Crippen LogP contribution in [0, 0.1) is 6.92 Å². The first-order chi connectivity index (χ1) is 12.7. The first-order valence-corrected chi connectivity index (χ1v) is 8.47. The number of ether oxygens (including phenoxy) is 2. The molecule has 0 saturated heterocycles.